The first-order valence-corrected chi connectivity index (χ1v) is 12.1. The molecule has 1 aliphatic heterocycles. The quantitative estimate of drug-likeness (QED) is 0.311. The molecule has 0 saturated carbocycles. The van der Waals surface area contributed by atoms with Crippen LogP contribution in [0.1, 0.15) is 31.3 Å². The minimum Gasteiger partial charge on any atom is -0.497 e. The van der Waals surface area contributed by atoms with Gasteiger partial charge in [0.05, 0.1) is 25.3 Å². The average molecular weight is 499 g/mol. The number of allylic oxidation sites excluding steroid dienone is 1. The van der Waals surface area contributed by atoms with Gasteiger partial charge in [0, 0.05) is 16.9 Å². The van der Waals surface area contributed by atoms with Crippen LogP contribution in [0.3, 0.4) is 0 Å². The number of ether oxygens (including phenoxy) is 2. The zero-order valence-corrected chi connectivity index (χ0v) is 21.1. The van der Waals surface area contributed by atoms with Crippen LogP contribution in [-0.4, -0.2) is 29.0 Å². The van der Waals surface area contributed by atoms with E-state index in [1.807, 2.05) is 97.6 Å². The summed E-state index contributed by atoms with van der Waals surface area (Å²) in [6, 6.07) is 25.2. The summed E-state index contributed by atoms with van der Waals surface area (Å²) in [5, 5.41) is 8.36. The molecule has 1 unspecified atom stereocenters. The van der Waals surface area contributed by atoms with Gasteiger partial charge in [0.2, 0.25) is 5.82 Å². The highest BCUT2D eigenvalue weighted by molar-refractivity contribution is 7.80. The number of hydrogen-bond donors (Lipinski definition) is 1. The van der Waals surface area contributed by atoms with Crippen LogP contribution in [0.15, 0.2) is 89.1 Å². The van der Waals surface area contributed by atoms with Gasteiger partial charge in [0.15, 0.2) is 5.11 Å². The largest absolute Gasteiger partial charge is 0.497 e. The summed E-state index contributed by atoms with van der Waals surface area (Å²) in [4.78, 5) is 6.77. The van der Waals surface area contributed by atoms with Crippen molar-refractivity contribution in [2.24, 2.45) is 0 Å². The molecule has 0 fully saturated rings. The fourth-order valence-electron chi connectivity index (χ4n) is 4.27. The summed E-state index contributed by atoms with van der Waals surface area (Å²) in [7, 11) is 1.64. The van der Waals surface area contributed by atoms with Crippen LogP contribution in [-0.2, 0) is 0 Å². The van der Waals surface area contributed by atoms with E-state index in [0.717, 1.165) is 39.6 Å². The topological polar surface area (TPSA) is 72.7 Å². The Morgan fingerprint density at radius 1 is 0.972 bits per heavy atom. The van der Waals surface area contributed by atoms with E-state index in [2.05, 4.69) is 10.5 Å². The number of benzene rings is 3. The van der Waals surface area contributed by atoms with E-state index in [1.54, 1.807) is 7.11 Å². The average Bonchev–Trinajstić information content (AvgIpc) is 3.39. The number of methoxy groups -OCH3 is 1. The maximum atomic E-state index is 5.83. The monoisotopic (exact) mass is 498 g/mol. The molecule has 1 aromatic heterocycles. The first kappa shape index (κ1) is 23.6. The van der Waals surface area contributed by atoms with E-state index in [-0.39, 0.29) is 6.04 Å². The van der Waals surface area contributed by atoms with Crippen molar-refractivity contribution in [3.63, 3.8) is 0 Å². The molecule has 4 aromatic rings. The first-order chi connectivity index (χ1) is 17.6. The fourth-order valence-corrected chi connectivity index (χ4v) is 4.63. The number of thiocarbonyl (C=S) groups is 1. The number of hydrogen-bond acceptors (Lipinski definition) is 6. The lowest BCUT2D eigenvalue weighted by Gasteiger charge is -2.37. The van der Waals surface area contributed by atoms with E-state index in [0.29, 0.717) is 23.4 Å². The molecule has 5 rings (SSSR count). The molecule has 0 amide bonds. The molecule has 0 radical (unpaired) electrons. The molecular weight excluding hydrogens is 472 g/mol. The van der Waals surface area contributed by atoms with Crippen molar-refractivity contribution in [2.45, 2.75) is 19.9 Å². The lowest BCUT2D eigenvalue weighted by Crippen LogP contribution is -2.46. The highest BCUT2D eigenvalue weighted by atomic mass is 32.1. The van der Waals surface area contributed by atoms with Crippen LogP contribution in [0, 0.1) is 0 Å². The van der Waals surface area contributed by atoms with Gasteiger partial charge >= 0.3 is 0 Å². The van der Waals surface area contributed by atoms with Gasteiger partial charge < -0.3 is 19.3 Å². The number of anilines is 1. The fraction of sp³-hybridized carbons (Fsp3) is 0.179. The zero-order valence-electron chi connectivity index (χ0n) is 20.3. The number of aromatic nitrogens is 2. The standard InChI is InChI=1S/C28H26N4O3S/c1-4-34-23-16-10-19(11-17-23)25-24(18(2)32(28(36)29-25)21-8-6-5-7-9-21)27-30-26(31-35-27)20-12-14-22(33-3)15-13-20/h5-17,25H,4H2,1-3H3,(H,29,36). The second kappa shape index (κ2) is 10.2. The number of rotatable bonds is 7. The van der Waals surface area contributed by atoms with Gasteiger partial charge in [-0.2, -0.15) is 4.98 Å². The van der Waals surface area contributed by atoms with E-state index in [9.17, 15) is 0 Å². The Hall–Kier alpha value is -4.17. The van der Waals surface area contributed by atoms with E-state index in [4.69, 9.17) is 31.2 Å². The van der Waals surface area contributed by atoms with Gasteiger partial charge in [-0.15, -0.1) is 0 Å². The highest BCUT2D eigenvalue weighted by Gasteiger charge is 2.34. The van der Waals surface area contributed by atoms with Gasteiger partial charge in [-0.05, 0) is 80.2 Å². The van der Waals surface area contributed by atoms with Crippen LogP contribution < -0.4 is 19.7 Å². The zero-order chi connectivity index (χ0) is 25.1. The summed E-state index contributed by atoms with van der Waals surface area (Å²) >= 11 is 5.82. The normalized spacial score (nSPS) is 15.6. The molecule has 0 saturated heterocycles. The first-order valence-electron chi connectivity index (χ1n) is 11.7. The molecule has 0 aliphatic carbocycles. The van der Waals surface area contributed by atoms with Crippen molar-refractivity contribution in [1.82, 2.24) is 15.5 Å². The molecular formula is C28H26N4O3S. The van der Waals surface area contributed by atoms with Crippen molar-refractivity contribution < 1.29 is 14.0 Å². The van der Waals surface area contributed by atoms with Crippen LogP contribution in [0.25, 0.3) is 17.0 Å². The Balaban J connectivity index is 1.60. The van der Waals surface area contributed by atoms with E-state index < -0.39 is 0 Å². The number of nitrogens with one attached hydrogen (secondary N) is 1. The third kappa shape index (κ3) is 4.55. The lowest BCUT2D eigenvalue weighted by molar-refractivity contribution is 0.340. The molecule has 1 N–H and O–H groups in total. The van der Waals surface area contributed by atoms with Gasteiger partial charge in [0.1, 0.15) is 11.5 Å². The highest BCUT2D eigenvalue weighted by Crippen LogP contribution is 2.39. The minimum atomic E-state index is -0.280. The third-order valence-electron chi connectivity index (χ3n) is 6.03. The van der Waals surface area contributed by atoms with Crippen LogP contribution >= 0.6 is 12.2 Å². The third-order valence-corrected chi connectivity index (χ3v) is 6.33. The van der Waals surface area contributed by atoms with Crippen molar-refractivity contribution in [2.75, 3.05) is 18.6 Å². The van der Waals surface area contributed by atoms with Gasteiger partial charge in [-0.3, -0.25) is 4.90 Å². The number of para-hydroxylation sites is 1. The second-order valence-electron chi connectivity index (χ2n) is 8.21. The summed E-state index contributed by atoms with van der Waals surface area (Å²) < 4.78 is 16.7. The summed E-state index contributed by atoms with van der Waals surface area (Å²) in [6.07, 6.45) is 0. The Morgan fingerprint density at radius 2 is 1.67 bits per heavy atom. The molecule has 1 atom stereocenters. The van der Waals surface area contributed by atoms with Gasteiger partial charge in [-0.25, -0.2) is 0 Å². The molecule has 36 heavy (non-hydrogen) atoms. The van der Waals surface area contributed by atoms with Gasteiger partial charge in [-0.1, -0.05) is 35.5 Å². The summed E-state index contributed by atoms with van der Waals surface area (Å²) in [5.41, 5.74) is 4.55. The predicted octanol–water partition coefficient (Wildman–Crippen LogP) is 6.01. The molecule has 3 aromatic carbocycles. The van der Waals surface area contributed by atoms with Crippen molar-refractivity contribution >= 4 is 28.6 Å². The summed E-state index contributed by atoms with van der Waals surface area (Å²) in [6.45, 7) is 4.60. The molecule has 182 valence electrons. The lowest BCUT2D eigenvalue weighted by atomic mass is 9.94. The molecule has 0 spiro atoms. The molecule has 2 heterocycles. The molecule has 0 bridgehead atoms. The van der Waals surface area contributed by atoms with E-state index in [1.165, 1.54) is 0 Å². The Morgan fingerprint density at radius 3 is 2.33 bits per heavy atom. The van der Waals surface area contributed by atoms with Crippen LogP contribution in [0.5, 0.6) is 11.5 Å². The van der Waals surface area contributed by atoms with Crippen LogP contribution in [0.4, 0.5) is 5.69 Å². The van der Waals surface area contributed by atoms with Crippen molar-refractivity contribution in [3.05, 3.63) is 96.0 Å². The molecule has 7 nitrogen and oxygen atoms in total. The maximum Gasteiger partial charge on any atom is 0.258 e. The molecule has 8 heteroatoms. The Labute approximate surface area is 215 Å². The van der Waals surface area contributed by atoms with E-state index >= 15 is 0 Å². The molecule has 1 aliphatic rings. The van der Waals surface area contributed by atoms with Crippen LogP contribution in [0.2, 0.25) is 0 Å². The minimum absolute atomic E-state index is 0.280. The smallest absolute Gasteiger partial charge is 0.258 e. The van der Waals surface area contributed by atoms with Crippen molar-refractivity contribution in [1.29, 1.82) is 0 Å². The predicted molar refractivity (Wildman–Crippen MR) is 144 cm³/mol. The Kier molecular flexibility index (Phi) is 6.69. The van der Waals surface area contributed by atoms with Crippen molar-refractivity contribution in [3.8, 4) is 22.9 Å². The Bertz CT molecular complexity index is 1380. The summed E-state index contributed by atoms with van der Waals surface area (Å²) in [5.74, 6) is 2.50. The van der Waals surface area contributed by atoms with Gasteiger partial charge in [0.25, 0.3) is 5.89 Å². The second-order valence-corrected chi connectivity index (χ2v) is 8.59. The number of nitrogens with zero attached hydrogens (tertiary/aromatic N) is 3. The SMILES string of the molecule is CCOc1ccc(C2NC(=S)N(c3ccccc3)C(C)=C2c2nc(-c3ccc(OC)cc3)no2)cc1. The maximum absolute atomic E-state index is 5.83.